The van der Waals surface area contributed by atoms with E-state index in [2.05, 4.69) is 0 Å². The molecular formula is C13H18O4S. The summed E-state index contributed by atoms with van der Waals surface area (Å²) in [7, 11) is 0. The van der Waals surface area contributed by atoms with E-state index in [1.54, 1.807) is 25.1 Å². The SMILES string of the molecule is CCOC(=O)CSCc1cc(O)ccc1OCC. The number of esters is 1. The fraction of sp³-hybridized carbons (Fsp3) is 0.462. The lowest BCUT2D eigenvalue weighted by atomic mass is 10.2. The van der Waals surface area contributed by atoms with E-state index in [1.165, 1.54) is 11.8 Å². The summed E-state index contributed by atoms with van der Waals surface area (Å²) in [6.07, 6.45) is 0. The molecule has 0 aliphatic rings. The van der Waals surface area contributed by atoms with Gasteiger partial charge in [-0.25, -0.2) is 0 Å². The fourth-order valence-corrected chi connectivity index (χ4v) is 2.22. The van der Waals surface area contributed by atoms with Crippen LogP contribution in [0.3, 0.4) is 0 Å². The van der Waals surface area contributed by atoms with Crippen LogP contribution in [-0.4, -0.2) is 30.0 Å². The summed E-state index contributed by atoms with van der Waals surface area (Å²) in [5.74, 6) is 1.62. The molecule has 0 spiro atoms. The average Bonchev–Trinajstić information content (AvgIpc) is 2.33. The second-order valence-corrected chi connectivity index (χ2v) is 4.51. The highest BCUT2D eigenvalue weighted by Crippen LogP contribution is 2.27. The smallest absolute Gasteiger partial charge is 0.315 e. The topological polar surface area (TPSA) is 55.8 Å². The molecule has 0 heterocycles. The normalized spacial score (nSPS) is 10.1. The maximum atomic E-state index is 11.2. The van der Waals surface area contributed by atoms with Crippen LogP contribution in [0.25, 0.3) is 0 Å². The molecule has 0 aliphatic carbocycles. The van der Waals surface area contributed by atoms with Crippen molar-refractivity contribution >= 4 is 17.7 Å². The van der Waals surface area contributed by atoms with E-state index >= 15 is 0 Å². The maximum absolute atomic E-state index is 11.2. The standard InChI is InChI=1S/C13H18O4S/c1-3-16-12-6-5-11(14)7-10(12)8-18-9-13(15)17-4-2/h5-7,14H,3-4,8-9H2,1-2H3. The van der Waals surface area contributed by atoms with Gasteiger partial charge in [0, 0.05) is 11.3 Å². The molecule has 0 saturated heterocycles. The lowest BCUT2D eigenvalue weighted by Gasteiger charge is -2.10. The van der Waals surface area contributed by atoms with E-state index < -0.39 is 0 Å². The first-order valence-corrected chi connectivity index (χ1v) is 7.00. The Hall–Kier alpha value is -1.36. The lowest BCUT2D eigenvalue weighted by molar-refractivity contribution is -0.139. The van der Waals surface area contributed by atoms with Crippen LogP contribution < -0.4 is 4.74 Å². The van der Waals surface area contributed by atoms with Gasteiger partial charge in [-0.15, -0.1) is 11.8 Å². The third kappa shape index (κ3) is 4.87. The van der Waals surface area contributed by atoms with Crippen molar-refractivity contribution in [3.05, 3.63) is 23.8 Å². The largest absolute Gasteiger partial charge is 0.508 e. The number of thioether (sulfide) groups is 1. The molecule has 1 aromatic rings. The highest BCUT2D eigenvalue weighted by atomic mass is 32.2. The predicted octanol–water partition coefficient (Wildman–Crippen LogP) is 2.59. The molecule has 0 saturated carbocycles. The fourth-order valence-electron chi connectivity index (χ4n) is 1.42. The summed E-state index contributed by atoms with van der Waals surface area (Å²) >= 11 is 1.44. The first kappa shape index (κ1) is 14.7. The zero-order valence-corrected chi connectivity index (χ0v) is 11.5. The van der Waals surface area contributed by atoms with Gasteiger partial charge in [-0.2, -0.15) is 0 Å². The second-order valence-electron chi connectivity index (χ2n) is 3.52. The number of hydrogen-bond acceptors (Lipinski definition) is 5. The first-order valence-electron chi connectivity index (χ1n) is 5.85. The molecule has 100 valence electrons. The minimum atomic E-state index is -0.222. The van der Waals surface area contributed by atoms with E-state index in [9.17, 15) is 9.90 Å². The summed E-state index contributed by atoms with van der Waals surface area (Å²) in [4.78, 5) is 11.2. The quantitative estimate of drug-likeness (QED) is 0.772. The summed E-state index contributed by atoms with van der Waals surface area (Å²) in [6, 6.07) is 4.98. The first-order chi connectivity index (χ1) is 8.67. The molecule has 0 radical (unpaired) electrons. The molecule has 1 rings (SSSR count). The van der Waals surface area contributed by atoms with Gasteiger partial charge < -0.3 is 14.6 Å². The van der Waals surface area contributed by atoms with Gasteiger partial charge in [0.2, 0.25) is 0 Å². The van der Waals surface area contributed by atoms with Crippen LogP contribution in [0.1, 0.15) is 19.4 Å². The molecule has 0 aromatic heterocycles. The van der Waals surface area contributed by atoms with Gasteiger partial charge in [-0.1, -0.05) is 0 Å². The third-order valence-corrected chi connectivity index (χ3v) is 3.08. The monoisotopic (exact) mass is 270 g/mol. The number of aromatic hydroxyl groups is 1. The predicted molar refractivity (Wildman–Crippen MR) is 72.1 cm³/mol. The zero-order chi connectivity index (χ0) is 13.4. The number of carbonyl (C=O) groups excluding carboxylic acids is 1. The molecule has 0 fully saturated rings. The Labute approximate surface area is 111 Å². The van der Waals surface area contributed by atoms with Crippen LogP contribution in [0.15, 0.2) is 18.2 Å². The molecule has 0 atom stereocenters. The summed E-state index contributed by atoms with van der Waals surface area (Å²) < 4.78 is 10.3. The number of phenolic OH excluding ortho intramolecular Hbond substituents is 1. The Morgan fingerprint density at radius 1 is 1.33 bits per heavy atom. The van der Waals surface area contributed by atoms with Crippen molar-refractivity contribution in [2.24, 2.45) is 0 Å². The van der Waals surface area contributed by atoms with Crippen LogP contribution in [0, 0.1) is 0 Å². The molecule has 1 aromatic carbocycles. The molecule has 0 amide bonds. The molecule has 5 heteroatoms. The van der Waals surface area contributed by atoms with Crippen LogP contribution in [0.2, 0.25) is 0 Å². The number of ether oxygens (including phenoxy) is 2. The Kier molecular flexibility index (Phi) is 6.43. The summed E-state index contributed by atoms with van der Waals surface area (Å²) in [5.41, 5.74) is 0.881. The van der Waals surface area contributed by atoms with Crippen LogP contribution in [-0.2, 0) is 15.3 Å². The number of benzene rings is 1. The highest BCUT2D eigenvalue weighted by molar-refractivity contribution is 7.99. The Balaban J connectivity index is 2.54. The van der Waals surface area contributed by atoms with Gasteiger partial charge in [0.05, 0.1) is 19.0 Å². The third-order valence-electron chi connectivity index (χ3n) is 2.13. The minimum Gasteiger partial charge on any atom is -0.508 e. The van der Waals surface area contributed by atoms with Crippen LogP contribution in [0.5, 0.6) is 11.5 Å². The van der Waals surface area contributed by atoms with Crippen molar-refractivity contribution in [3.8, 4) is 11.5 Å². The molecule has 18 heavy (non-hydrogen) atoms. The van der Waals surface area contributed by atoms with Crippen LogP contribution in [0.4, 0.5) is 0 Å². The summed E-state index contributed by atoms with van der Waals surface area (Å²) in [6.45, 7) is 4.66. The molecule has 0 unspecified atom stereocenters. The molecule has 4 nitrogen and oxygen atoms in total. The number of rotatable bonds is 7. The van der Waals surface area contributed by atoms with Gasteiger partial charge >= 0.3 is 5.97 Å². The van der Waals surface area contributed by atoms with Gasteiger partial charge in [0.1, 0.15) is 11.5 Å². The molecule has 0 aliphatic heterocycles. The van der Waals surface area contributed by atoms with Crippen molar-refractivity contribution in [1.82, 2.24) is 0 Å². The van der Waals surface area contributed by atoms with E-state index in [1.807, 2.05) is 6.92 Å². The summed E-state index contributed by atoms with van der Waals surface area (Å²) in [5, 5.41) is 9.44. The molecule has 0 bridgehead atoms. The number of carbonyl (C=O) groups is 1. The van der Waals surface area contributed by atoms with Crippen molar-refractivity contribution in [2.45, 2.75) is 19.6 Å². The van der Waals surface area contributed by atoms with Gasteiger partial charge in [-0.05, 0) is 32.0 Å². The van der Waals surface area contributed by atoms with Crippen molar-refractivity contribution < 1.29 is 19.4 Å². The Morgan fingerprint density at radius 3 is 2.78 bits per heavy atom. The highest BCUT2D eigenvalue weighted by Gasteiger charge is 2.07. The minimum absolute atomic E-state index is 0.199. The Morgan fingerprint density at radius 2 is 2.11 bits per heavy atom. The lowest BCUT2D eigenvalue weighted by Crippen LogP contribution is -2.07. The molecular weight excluding hydrogens is 252 g/mol. The van der Waals surface area contributed by atoms with Gasteiger partial charge in [0.15, 0.2) is 0 Å². The average molecular weight is 270 g/mol. The van der Waals surface area contributed by atoms with Crippen LogP contribution >= 0.6 is 11.8 Å². The van der Waals surface area contributed by atoms with Gasteiger partial charge in [-0.3, -0.25) is 4.79 Å². The number of hydrogen-bond donors (Lipinski definition) is 1. The molecule has 1 N–H and O–H groups in total. The van der Waals surface area contributed by atoms with Crippen molar-refractivity contribution in [2.75, 3.05) is 19.0 Å². The Bertz CT molecular complexity index is 393. The van der Waals surface area contributed by atoms with E-state index in [0.717, 1.165) is 11.3 Å². The zero-order valence-electron chi connectivity index (χ0n) is 10.6. The second kappa shape index (κ2) is 7.87. The van der Waals surface area contributed by atoms with Crippen molar-refractivity contribution in [1.29, 1.82) is 0 Å². The van der Waals surface area contributed by atoms with E-state index in [-0.39, 0.29) is 11.7 Å². The maximum Gasteiger partial charge on any atom is 0.315 e. The number of phenols is 1. The van der Waals surface area contributed by atoms with Gasteiger partial charge in [0.25, 0.3) is 0 Å². The van der Waals surface area contributed by atoms with Crippen molar-refractivity contribution in [3.63, 3.8) is 0 Å². The van der Waals surface area contributed by atoms with E-state index in [4.69, 9.17) is 9.47 Å². The van der Waals surface area contributed by atoms with E-state index in [0.29, 0.717) is 24.7 Å².